The Bertz CT molecular complexity index is 422. The fourth-order valence-corrected chi connectivity index (χ4v) is 0.945. The molecule has 5 nitrogen and oxygen atoms in total. The highest BCUT2D eigenvalue weighted by molar-refractivity contribution is 6.02. The molecule has 1 aromatic carbocycles. The van der Waals surface area contributed by atoms with E-state index in [2.05, 4.69) is 16.6 Å². The molecule has 0 fully saturated rings. The second-order valence-corrected chi connectivity index (χ2v) is 3.13. The Hall–Kier alpha value is -2.30. The summed E-state index contributed by atoms with van der Waals surface area (Å²) in [4.78, 5) is 21.5. The molecular weight excluding hydrogens is 210 g/mol. The third-order valence-corrected chi connectivity index (χ3v) is 1.70. The van der Waals surface area contributed by atoms with Crippen LogP contribution in [0.2, 0.25) is 0 Å². The SMILES string of the molecule is C=C(C)C(=O)Nc1ccc(OC(=O)O)cc1. The Labute approximate surface area is 92.3 Å². The number of anilines is 1. The van der Waals surface area contributed by atoms with Crippen LogP contribution in [0.4, 0.5) is 10.5 Å². The van der Waals surface area contributed by atoms with E-state index in [0.29, 0.717) is 11.3 Å². The van der Waals surface area contributed by atoms with Crippen LogP contribution in [-0.4, -0.2) is 17.2 Å². The van der Waals surface area contributed by atoms with Gasteiger partial charge in [-0.1, -0.05) is 6.58 Å². The molecule has 0 atom stereocenters. The van der Waals surface area contributed by atoms with Gasteiger partial charge in [0, 0.05) is 11.3 Å². The van der Waals surface area contributed by atoms with Crippen molar-refractivity contribution in [1.82, 2.24) is 0 Å². The fraction of sp³-hybridized carbons (Fsp3) is 0.0909. The van der Waals surface area contributed by atoms with Crippen LogP contribution >= 0.6 is 0 Å². The third-order valence-electron chi connectivity index (χ3n) is 1.70. The van der Waals surface area contributed by atoms with Crippen LogP contribution in [0.5, 0.6) is 5.75 Å². The first-order chi connectivity index (χ1) is 7.49. The second kappa shape index (κ2) is 4.97. The Morgan fingerprint density at radius 2 is 1.88 bits per heavy atom. The summed E-state index contributed by atoms with van der Waals surface area (Å²) >= 11 is 0. The van der Waals surface area contributed by atoms with Crippen molar-refractivity contribution in [1.29, 1.82) is 0 Å². The molecule has 84 valence electrons. The number of rotatable bonds is 3. The van der Waals surface area contributed by atoms with Crippen LogP contribution in [0.3, 0.4) is 0 Å². The van der Waals surface area contributed by atoms with E-state index in [4.69, 9.17) is 5.11 Å². The van der Waals surface area contributed by atoms with Crippen LogP contribution in [0.25, 0.3) is 0 Å². The lowest BCUT2D eigenvalue weighted by molar-refractivity contribution is -0.112. The van der Waals surface area contributed by atoms with Gasteiger partial charge in [-0.05, 0) is 31.2 Å². The number of hydrogen-bond donors (Lipinski definition) is 2. The molecular formula is C11H11NO4. The molecule has 0 aromatic heterocycles. The van der Waals surface area contributed by atoms with Gasteiger partial charge < -0.3 is 15.2 Å². The van der Waals surface area contributed by atoms with Gasteiger partial charge in [0.05, 0.1) is 0 Å². The molecule has 16 heavy (non-hydrogen) atoms. The zero-order valence-corrected chi connectivity index (χ0v) is 8.69. The Kier molecular flexibility index (Phi) is 3.66. The van der Waals surface area contributed by atoms with E-state index in [0.717, 1.165) is 0 Å². The maximum Gasteiger partial charge on any atom is 0.511 e. The van der Waals surface area contributed by atoms with E-state index in [1.807, 2.05) is 0 Å². The van der Waals surface area contributed by atoms with Crippen molar-refractivity contribution in [2.24, 2.45) is 0 Å². The number of hydrogen-bond acceptors (Lipinski definition) is 3. The third kappa shape index (κ3) is 3.45. The Morgan fingerprint density at radius 3 is 2.31 bits per heavy atom. The minimum Gasteiger partial charge on any atom is -0.449 e. The normalized spacial score (nSPS) is 9.31. The number of carboxylic acid groups (broad SMARTS) is 1. The monoisotopic (exact) mass is 221 g/mol. The van der Waals surface area contributed by atoms with Gasteiger partial charge in [-0.25, -0.2) is 4.79 Å². The van der Waals surface area contributed by atoms with Crippen LogP contribution in [0.1, 0.15) is 6.92 Å². The largest absolute Gasteiger partial charge is 0.511 e. The minimum atomic E-state index is -1.38. The summed E-state index contributed by atoms with van der Waals surface area (Å²) in [6.07, 6.45) is -1.38. The molecule has 0 aliphatic carbocycles. The summed E-state index contributed by atoms with van der Waals surface area (Å²) in [6.45, 7) is 5.09. The van der Waals surface area contributed by atoms with Crippen molar-refractivity contribution in [3.05, 3.63) is 36.4 Å². The maximum absolute atomic E-state index is 11.2. The summed E-state index contributed by atoms with van der Waals surface area (Å²) in [7, 11) is 0. The summed E-state index contributed by atoms with van der Waals surface area (Å²) in [5, 5.41) is 10.9. The summed E-state index contributed by atoms with van der Waals surface area (Å²) in [6, 6.07) is 5.97. The number of benzene rings is 1. The zero-order valence-electron chi connectivity index (χ0n) is 8.69. The second-order valence-electron chi connectivity index (χ2n) is 3.13. The van der Waals surface area contributed by atoms with Crippen molar-refractivity contribution in [2.45, 2.75) is 6.92 Å². The number of carbonyl (C=O) groups excluding carboxylic acids is 1. The van der Waals surface area contributed by atoms with Gasteiger partial charge in [0.25, 0.3) is 5.91 Å². The molecule has 1 amide bonds. The molecule has 1 rings (SSSR count). The van der Waals surface area contributed by atoms with E-state index in [1.165, 1.54) is 12.1 Å². The summed E-state index contributed by atoms with van der Waals surface area (Å²) in [5.74, 6) is -0.0901. The quantitative estimate of drug-likeness (QED) is 0.466. The van der Waals surface area contributed by atoms with Crippen LogP contribution < -0.4 is 10.1 Å². The highest BCUT2D eigenvalue weighted by Gasteiger charge is 2.03. The molecule has 0 bridgehead atoms. The first-order valence-corrected chi connectivity index (χ1v) is 4.47. The predicted molar refractivity (Wildman–Crippen MR) is 58.5 cm³/mol. The van der Waals surface area contributed by atoms with Gasteiger partial charge in [-0.15, -0.1) is 0 Å². The average Bonchev–Trinajstić information content (AvgIpc) is 2.20. The molecule has 0 radical (unpaired) electrons. The average molecular weight is 221 g/mol. The molecule has 2 N–H and O–H groups in total. The minimum absolute atomic E-state index is 0.195. The highest BCUT2D eigenvalue weighted by Crippen LogP contribution is 2.16. The van der Waals surface area contributed by atoms with Crippen LogP contribution in [0.15, 0.2) is 36.4 Å². The van der Waals surface area contributed by atoms with Crippen molar-refractivity contribution < 1.29 is 19.4 Å². The van der Waals surface area contributed by atoms with Crippen molar-refractivity contribution in [3.63, 3.8) is 0 Å². The van der Waals surface area contributed by atoms with E-state index < -0.39 is 6.16 Å². The van der Waals surface area contributed by atoms with Gasteiger partial charge in [0.2, 0.25) is 0 Å². The fourth-order valence-electron chi connectivity index (χ4n) is 0.945. The van der Waals surface area contributed by atoms with Gasteiger partial charge >= 0.3 is 6.16 Å². The van der Waals surface area contributed by atoms with E-state index in [9.17, 15) is 9.59 Å². The Balaban J connectivity index is 2.68. The molecule has 0 aliphatic rings. The van der Waals surface area contributed by atoms with Crippen LogP contribution in [0, 0.1) is 0 Å². The summed E-state index contributed by atoms with van der Waals surface area (Å²) in [5.41, 5.74) is 0.941. The number of carbonyl (C=O) groups is 2. The van der Waals surface area contributed by atoms with E-state index >= 15 is 0 Å². The first kappa shape index (κ1) is 11.8. The van der Waals surface area contributed by atoms with Gasteiger partial charge in [-0.3, -0.25) is 4.79 Å². The lowest BCUT2D eigenvalue weighted by Crippen LogP contribution is -2.11. The smallest absolute Gasteiger partial charge is 0.449 e. The highest BCUT2D eigenvalue weighted by atomic mass is 16.7. The lowest BCUT2D eigenvalue weighted by Gasteiger charge is -2.05. The van der Waals surface area contributed by atoms with E-state index in [-0.39, 0.29) is 11.7 Å². The Morgan fingerprint density at radius 1 is 1.31 bits per heavy atom. The number of ether oxygens (including phenoxy) is 1. The van der Waals surface area contributed by atoms with Crippen molar-refractivity contribution in [2.75, 3.05) is 5.32 Å². The van der Waals surface area contributed by atoms with Crippen molar-refractivity contribution in [3.8, 4) is 5.75 Å². The van der Waals surface area contributed by atoms with Crippen LogP contribution in [-0.2, 0) is 4.79 Å². The van der Waals surface area contributed by atoms with Crippen molar-refractivity contribution >= 4 is 17.7 Å². The van der Waals surface area contributed by atoms with Gasteiger partial charge in [-0.2, -0.15) is 0 Å². The molecule has 1 aromatic rings. The number of nitrogens with one attached hydrogen (secondary N) is 1. The topological polar surface area (TPSA) is 75.6 Å². The zero-order chi connectivity index (χ0) is 12.1. The molecule has 5 heteroatoms. The molecule has 0 heterocycles. The molecule has 0 spiro atoms. The lowest BCUT2D eigenvalue weighted by atomic mass is 10.2. The van der Waals surface area contributed by atoms with Gasteiger partial charge in [0.1, 0.15) is 5.75 Å². The van der Waals surface area contributed by atoms with E-state index in [1.54, 1.807) is 19.1 Å². The first-order valence-electron chi connectivity index (χ1n) is 4.47. The molecule has 0 saturated carbocycles. The molecule has 0 saturated heterocycles. The summed E-state index contributed by atoms with van der Waals surface area (Å²) < 4.78 is 4.41. The maximum atomic E-state index is 11.2. The standard InChI is InChI=1S/C11H11NO4/c1-7(2)10(13)12-8-3-5-9(6-4-8)16-11(14)15/h3-6H,1H2,2H3,(H,12,13)(H,14,15). The predicted octanol–water partition coefficient (Wildman–Crippen LogP) is 2.26. The number of amides is 1. The molecule has 0 unspecified atom stereocenters. The van der Waals surface area contributed by atoms with Gasteiger partial charge in [0.15, 0.2) is 0 Å². The molecule has 0 aliphatic heterocycles.